The number of rotatable bonds is 6. The lowest BCUT2D eigenvalue weighted by molar-refractivity contribution is 0.00645. The molecule has 2 aromatic rings. The van der Waals surface area contributed by atoms with Crippen molar-refractivity contribution in [1.82, 2.24) is 4.90 Å². The molecule has 1 fully saturated rings. The molecule has 184 valence electrons. The minimum Gasteiger partial charge on any atom is -0.492 e. The van der Waals surface area contributed by atoms with Gasteiger partial charge in [0.25, 0.3) is 0 Å². The first-order valence-corrected chi connectivity index (χ1v) is 11.7. The second-order valence-corrected chi connectivity index (χ2v) is 9.97. The molecule has 0 saturated carbocycles. The summed E-state index contributed by atoms with van der Waals surface area (Å²) < 4.78 is 31.0. The Morgan fingerprint density at radius 3 is 2.53 bits per heavy atom. The molecule has 1 aliphatic heterocycles. The molecule has 2 atom stereocenters. The Labute approximate surface area is 204 Å². The van der Waals surface area contributed by atoms with Crippen LogP contribution in [-0.2, 0) is 16.1 Å². The van der Waals surface area contributed by atoms with E-state index in [9.17, 15) is 14.0 Å². The molecule has 6 nitrogen and oxygen atoms in total. The van der Waals surface area contributed by atoms with Crippen LogP contribution in [0.5, 0.6) is 5.75 Å². The lowest BCUT2D eigenvalue weighted by atomic mass is 9.94. The number of halogens is 2. The van der Waals surface area contributed by atoms with Crippen molar-refractivity contribution in [2.75, 3.05) is 13.2 Å². The highest BCUT2D eigenvalue weighted by Gasteiger charge is 2.31. The van der Waals surface area contributed by atoms with Gasteiger partial charge in [-0.05, 0) is 52.2 Å². The van der Waals surface area contributed by atoms with Crippen LogP contribution in [0.15, 0.2) is 42.5 Å². The zero-order chi connectivity index (χ0) is 24.9. The smallest absolute Gasteiger partial charge is 0.410 e. The summed E-state index contributed by atoms with van der Waals surface area (Å²) in [5, 5.41) is 0.116. The van der Waals surface area contributed by atoms with Gasteiger partial charge in [-0.25, -0.2) is 14.0 Å². The molecule has 1 saturated heterocycles. The van der Waals surface area contributed by atoms with Crippen molar-refractivity contribution in [1.29, 1.82) is 0 Å². The van der Waals surface area contributed by atoms with E-state index < -0.39 is 17.4 Å². The van der Waals surface area contributed by atoms with Gasteiger partial charge in [0.05, 0.1) is 17.2 Å². The molecule has 0 spiro atoms. The molecule has 0 aromatic heterocycles. The predicted molar refractivity (Wildman–Crippen MR) is 128 cm³/mol. The topological polar surface area (TPSA) is 65.1 Å². The van der Waals surface area contributed by atoms with Gasteiger partial charge in [-0.3, -0.25) is 0 Å². The fourth-order valence-corrected chi connectivity index (χ4v) is 3.93. The van der Waals surface area contributed by atoms with E-state index in [-0.39, 0.29) is 47.6 Å². The van der Waals surface area contributed by atoms with Crippen LogP contribution in [0.25, 0.3) is 0 Å². The average Bonchev–Trinajstić information content (AvgIpc) is 2.78. The maximum atomic E-state index is 14.6. The first-order valence-electron chi connectivity index (χ1n) is 11.4. The van der Waals surface area contributed by atoms with Crippen molar-refractivity contribution in [2.24, 2.45) is 5.92 Å². The van der Waals surface area contributed by atoms with Gasteiger partial charge in [-0.15, -0.1) is 0 Å². The van der Waals surface area contributed by atoms with E-state index in [1.807, 2.05) is 37.3 Å². The van der Waals surface area contributed by atoms with Gasteiger partial charge >= 0.3 is 12.1 Å². The van der Waals surface area contributed by atoms with Gasteiger partial charge in [-0.1, -0.05) is 41.9 Å². The van der Waals surface area contributed by atoms with E-state index >= 15 is 0 Å². The first kappa shape index (κ1) is 25.8. The number of esters is 1. The van der Waals surface area contributed by atoms with Crippen LogP contribution >= 0.6 is 11.6 Å². The Morgan fingerprint density at radius 1 is 1.15 bits per heavy atom. The summed E-state index contributed by atoms with van der Waals surface area (Å²) in [5.74, 6) is -1.38. The number of amides is 1. The standard InChI is InChI=1S/C26H31ClFNO5/c1-17-10-11-19(14-29(17)25(31)33-15-18-8-6-5-7-9-18)16-32-23-13-22(28)20(12-21(23)27)24(30)34-26(2,3)4/h5-9,12-13,17,19H,10-11,14-16H2,1-4H3/t17-,19-/m1/s1. The van der Waals surface area contributed by atoms with Gasteiger partial charge < -0.3 is 19.1 Å². The molecule has 1 aliphatic rings. The maximum absolute atomic E-state index is 14.6. The Kier molecular flexibility index (Phi) is 8.42. The summed E-state index contributed by atoms with van der Waals surface area (Å²) in [6, 6.07) is 11.9. The molecular weight excluding hydrogens is 461 g/mol. The quantitative estimate of drug-likeness (QED) is 0.447. The number of carbonyl (C=O) groups is 2. The summed E-state index contributed by atoms with van der Waals surface area (Å²) in [4.78, 5) is 26.6. The zero-order valence-electron chi connectivity index (χ0n) is 20.0. The third kappa shape index (κ3) is 7.10. The Balaban J connectivity index is 1.58. The van der Waals surface area contributed by atoms with Crippen molar-refractivity contribution in [3.63, 3.8) is 0 Å². The average molecular weight is 492 g/mol. The molecule has 0 bridgehead atoms. The number of likely N-dealkylation sites (tertiary alicyclic amines) is 1. The zero-order valence-corrected chi connectivity index (χ0v) is 20.7. The van der Waals surface area contributed by atoms with Gasteiger partial charge in [0, 0.05) is 24.6 Å². The summed E-state index contributed by atoms with van der Waals surface area (Å²) in [5.41, 5.74) is -0.0739. The summed E-state index contributed by atoms with van der Waals surface area (Å²) >= 11 is 6.25. The molecule has 8 heteroatoms. The first-order chi connectivity index (χ1) is 16.0. The summed E-state index contributed by atoms with van der Waals surface area (Å²) in [6.45, 7) is 8.02. The minimum absolute atomic E-state index is 0.0325. The monoisotopic (exact) mass is 491 g/mol. The predicted octanol–water partition coefficient (Wildman–Crippen LogP) is 6.25. The number of piperidine rings is 1. The highest BCUT2D eigenvalue weighted by molar-refractivity contribution is 6.32. The van der Waals surface area contributed by atoms with Gasteiger partial charge in [0.1, 0.15) is 23.8 Å². The Morgan fingerprint density at radius 2 is 1.85 bits per heavy atom. The second kappa shape index (κ2) is 11.1. The van der Waals surface area contributed by atoms with E-state index in [4.69, 9.17) is 25.8 Å². The second-order valence-electron chi connectivity index (χ2n) is 9.56. The van der Waals surface area contributed by atoms with Crippen molar-refractivity contribution >= 4 is 23.7 Å². The number of carbonyl (C=O) groups excluding carboxylic acids is 2. The van der Waals surface area contributed by atoms with E-state index in [1.165, 1.54) is 6.07 Å². The van der Waals surface area contributed by atoms with E-state index in [2.05, 4.69) is 0 Å². The summed E-state index contributed by atoms with van der Waals surface area (Å²) in [6.07, 6.45) is 1.28. The maximum Gasteiger partial charge on any atom is 0.410 e. The third-order valence-corrected chi connectivity index (χ3v) is 5.83. The van der Waals surface area contributed by atoms with Crippen LogP contribution < -0.4 is 4.74 Å². The van der Waals surface area contributed by atoms with Crippen LogP contribution in [0.3, 0.4) is 0 Å². The van der Waals surface area contributed by atoms with Crippen LogP contribution in [0.1, 0.15) is 56.5 Å². The van der Waals surface area contributed by atoms with E-state index in [0.29, 0.717) is 6.54 Å². The number of hydrogen-bond acceptors (Lipinski definition) is 5. The third-order valence-electron chi connectivity index (χ3n) is 5.53. The van der Waals surface area contributed by atoms with Gasteiger partial charge in [0.2, 0.25) is 0 Å². The largest absolute Gasteiger partial charge is 0.492 e. The number of ether oxygens (including phenoxy) is 3. The molecule has 0 N–H and O–H groups in total. The lowest BCUT2D eigenvalue weighted by Gasteiger charge is -2.37. The van der Waals surface area contributed by atoms with Gasteiger partial charge in [0.15, 0.2) is 0 Å². The van der Waals surface area contributed by atoms with Crippen molar-refractivity contribution in [3.8, 4) is 5.75 Å². The fourth-order valence-electron chi connectivity index (χ4n) is 3.71. The molecule has 3 rings (SSSR count). The van der Waals surface area contributed by atoms with Crippen LogP contribution in [0, 0.1) is 11.7 Å². The van der Waals surface area contributed by atoms with Crippen molar-refractivity contribution < 1.29 is 28.2 Å². The van der Waals surface area contributed by atoms with Crippen molar-refractivity contribution in [3.05, 3.63) is 64.4 Å². The molecule has 0 radical (unpaired) electrons. The van der Waals surface area contributed by atoms with Gasteiger partial charge in [-0.2, -0.15) is 0 Å². The molecule has 1 heterocycles. The van der Waals surface area contributed by atoms with E-state index in [0.717, 1.165) is 24.5 Å². The summed E-state index contributed by atoms with van der Waals surface area (Å²) in [7, 11) is 0. The normalized spacial score (nSPS) is 18.4. The molecule has 0 aliphatic carbocycles. The van der Waals surface area contributed by atoms with Crippen LogP contribution in [-0.4, -0.2) is 41.8 Å². The SMILES string of the molecule is C[C@@H]1CC[C@@H](COc2cc(F)c(C(=O)OC(C)(C)C)cc2Cl)CN1C(=O)OCc1ccccc1. The number of nitrogens with zero attached hydrogens (tertiary/aromatic N) is 1. The minimum atomic E-state index is -0.788. The fraction of sp³-hybridized carbons (Fsp3) is 0.462. The van der Waals surface area contributed by atoms with Crippen LogP contribution in [0.4, 0.5) is 9.18 Å². The molecule has 34 heavy (non-hydrogen) atoms. The Bertz CT molecular complexity index is 1010. The highest BCUT2D eigenvalue weighted by Crippen LogP contribution is 2.31. The molecule has 1 amide bonds. The van der Waals surface area contributed by atoms with E-state index in [1.54, 1.807) is 25.7 Å². The highest BCUT2D eigenvalue weighted by atomic mass is 35.5. The molecule has 2 aromatic carbocycles. The molecule has 0 unspecified atom stereocenters. The lowest BCUT2D eigenvalue weighted by Crippen LogP contribution is -2.47. The number of benzene rings is 2. The Hall–Kier alpha value is -2.80. The van der Waals surface area contributed by atoms with Crippen molar-refractivity contribution in [2.45, 2.75) is 58.8 Å². The molecular formula is C26H31ClFNO5. The number of hydrogen-bond donors (Lipinski definition) is 0. The van der Waals surface area contributed by atoms with Crippen LogP contribution in [0.2, 0.25) is 5.02 Å².